The molecule has 0 bridgehead atoms. The predicted molar refractivity (Wildman–Crippen MR) is 106 cm³/mol. The molecule has 1 saturated heterocycles. The molecule has 0 spiro atoms. The Balaban J connectivity index is 1.55. The maximum atomic E-state index is 12.0. The summed E-state index contributed by atoms with van der Waals surface area (Å²) >= 11 is 0. The first-order valence-corrected chi connectivity index (χ1v) is 9.35. The van der Waals surface area contributed by atoms with Gasteiger partial charge in [0.25, 0.3) is 0 Å². The zero-order valence-electron chi connectivity index (χ0n) is 15.1. The number of carbonyl (C=O) groups excluding carboxylic acids is 1. The van der Waals surface area contributed by atoms with Crippen LogP contribution in [0.1, 0.15) is 25.3 Å². The highest BCUT2D eigenvalue weighted by atomic mass is 16.5. The summed E-state index contributed by atoms with van der Waals surface area (Å²) in [6.07, 6.45) is 5.77. The number of nitrogens with one attached hydrogen (secondary N) is 1. The Hall–Kier alpha value is -2.59. The summed E-state index contributed by atoms with van der Waals surface area (Å²) in [5.41, 5.74) is 3.51. The third-order valence-electron chi connectivity index (χ3n) is 5.07. The fourth-order valence-electron chi connectivity index (χ4n) is 3.77. The third kappa shape index (κ3) is 3.25. The molecule has 1 aliphatic heterocycles. The second-order valence-corrected chi connectivity index (χ2v) is 6.75. The first-order chi connectivity index (χ1) is 12.8. The Morgan fingerprint density at radius 1 is 1.23 bits per heavy atom. The van der Waals surface area contributed by atoms with Gasteiger partial charge in [-0.25, -0.2) is 0 Å². The molecular formula is C22H24N2O2. The van der Waals surface area contributed by atoms with Crippen molar-refractivity contribution in [3.63, 3.8) is 0 Å². The molecule has 134 valence electrons. The number of carbonyl (C=O) groups is 1. The van der Waals surface area contributed by atoms with Gasteiger partial charge in [0, 0.05) is 47.6 Å². The summed E-state index contributed by atoms with van der Waals surface area (Å²) in [5, 5.41) is 5.40. The lowest BCUT2D eigenvalue weighted by Crippen LogP contribution is -2.30. The SMILES string of the molecule is CCn1c2ccccc2c2cc(/C=C/C(=O)NCC3CCCO3)ccc21. The number of aromatic nitrogens is 1. The van der Waals surface area contributed by atoms with Crippen LogP contribution < -0.4 is 5.32 Å². The van der Waals surface area contributed by atoms with Gasteiger partial charge in [-0.15, -0.1) is 0 Å². The molecule has 1 unspecified atom stereocenters. The highest BCUT2D eigenvalue weighted by Gasteiger charge is 2.15. The lowest BCUT2D eigenvalue weighted by Gasteiger charge is -2.08. The summed E-state index contributed by atoms with van der Waals surface area (Å²) in [5.74, 6) is -0.0726. The molecule has 4 heteroatoms. The Morgan fingerprint density at radius 3 is 2.88 bits per heavy atom. The van der Waals surface area contributed by atoms with Gasteiger partial charge in [-0.05, 0) is 49.6 Å². The van der Waals surface area contributed by atoms with Crippen LogP contribution in [-0.2, 0) is 16.1 Å². The summed E-state index contributed by atoms with van der Waals surface area (Å²) < 4.78 is 7.85. The molecular weight excluding hydrogens is 324 g/mol. The number of amides is 1. The van der Waals surface area contributed by atoms with Gasteiger partial charge in [-0.2, -0.15) is 0 Å². The number of aryl methyl sites for hydroxylation is 1. The minimum absolute atomic E-state index is 0.0726. The standard InChI is InChI=1S/C22H24N2O2/c1-2-24-20-8-4-3-7-18(20)19-14-16(9-11-21(19)24)10-12-22(25)23-15-17-6-5-13-26-17/h3-4,7-12,14,17H,2,5-6,13,15H2,1H3,(H,23,25)/b12-10+. The molecule has 1 atom stereocenters. The predicted octanol–water partition coefficient (Wildman–Crippen LogP) is 4.12. The number of fused-ring (bicyclic) bond motifs is 3. The monoisotopic (exact) mass is 348 g/mol. The first kappa shape index (κ1) is 16.9. The van der Waals surface area contributed by atoms with Crippen LogP contribution in [0, 0.1) is 0 Å². The molecule has 26 heavy (non-hydrogen) atoms. The molecule has 4 nitrogen and oxygen atoms in total. The number of ether oxygens (including phenoxy) is 1. The summed E-state index contributed by atoms with van der Waals surface area (Å²) in [4.78, 5) is 12.0. The maximum absolute atomic E-state index is 12.0. The number of hydrogen-bond donors (Lipinski definition) is 1. The minimum atomic E-state index is -0.0726. The zero-order valence-corrected chi connectivity index (χ0v) is 15.1. The van der Waals surface area contributed by atoms with Crippen molar-refractivity contribution in [3.8, 4) is 0 Å². The number of nitrogens with zero attached hydrogens (tertiary/aromatic N) is 1. The van der Waals surface area contributed by atoms with E-state index in [0.717, 1.165) is 31.6 Å². The lowest BCUT2D eigenvalue weighted by molar-refractivity contribution is -0.116. The average molecular weight is 348 g/mol. The van der Waals surface area contributed by atoms with E-state index >= 15 is 0 Å². The molecule has 2 heterocycles. The topological polar surface area (TPSA) is 43.3 Å². The van der Waals surface area contributed by atoms with Gasteiger partial charge < -0.3 is 14.6 Å². The summed E-state index contributed by atoms with van der Waals surface area (Å²) in [7, 11) is 0. The van der Waals surface area contributed by atoms with Crippen molar-refractivity contribution >= 4 is 33.8 Å². The number of hydrogen-bond acceptors (Lipinski definition) is 2. The van der Waals surface area contributed by atoms with Crippen molar-refractivity contribution < 1.29 is 9.53 Å². The minimum Gasteiger partial charge on any atom is -0.376 e. The molecule has 0 saturated carbocycles. The van der Waals surface area contributed by atoms with E-state index in [4.69, 9.17) is 4.74 Å². The fourth-order valence-corrected chi connectivity index (χ4v) is 3.77. The van der Waals surface area contributed by atoms with E-state index < -0.39 is 0 Å². The van der Waals surface area contributed by atoms with Crippen LogP contribution in [0.5, 0.6) is 0 Å². The quantitative estimate of drug-likeness (QED) is 0.705. The second kappa shape index (κ2) is 7.34. The number of para-hydroxylation sites is 1. The second-order valence-electron chi connectivity index (χ2n) is 6.75. The largest absolute Gasteiger partial charge is 0.376 e. The van der Waals surface area contributed by atoms with E-state index in [9.17, 15) is 4.79 Å². The molecule has 1 N–H and O–H groups in total. The van der Waals surface area contributed by atoms with Crippen LogP contribution in [-0.4, -0.2) is 29.7 Å². The zero-order chi connectivity index (χ0) is 17.9. The first-order valence-electron chi connectivity index (χ1n) is 9.35. The van der Waals surface area contributed by atoms with Crippen LogP contribution in [0.15, 0.2) is 48.5 Å². The van der Waals surface area contributed by atoms with Crippen molar-refractivity contribution in [1.29, 1.82) is 0 Å². The summed E-state index contributed by atoms with van der Waals surface area (Å²) in [6.45, 7) is 4.50. The molecule has 2 aromatic carbocycles. The van der Waals surface area contributed by atoms with Crippen molar-refractivity contribution in [2.45, 2.75) is 32.4 Å². The van der Waals surface area contributed by atoms with Crippen LogP contribution in [0.4, 0.5) is 0 Å². The van der Waals surface area contributed by atoms with Crippen molar-refractivity contribution in [3.05, 3.63) is 54.1 Å². The normalized spacial score (nSPS) is 17.5. The fraction of sp³-hybridized carbons (Fsp3) is 0.318. The van der Waals surface area contributed by atoms with E-state index in [0.29, 0.717) is 6.54 Å². The van der Waals surface area contributed by atoms with Gasteiger partial charge in [-0.3, -0.25) is 4.79 Å². The Morgan fingerprint density at radius 2 is 2.08 bits per heavy atom. The summed E-state index contributed by atoms with van der Waals surface area (Å²) in [6, 6.07) is 14.8. The van der Waals surface area contributed by atoms with E-state index in [1.54, 1.807) is 6.08 Å². The molecule has 1 aliphatic rings. The van der Waals surface area contributed by atoms with Crippen LogP contribution >= 0.6 is 0 Å². The molecule has 1 aromatic heterocycles. The van der Waals surface area contributed by atoms with Crippen molar-refractivity contribution in [2.75, 3.05) is 13.2 Å². The van der Waals surface area contributed by atoms with Crippen molar-refractivity contribution in [1.82, 2.24) is 9.88 Å². The molecule has 4 rings (SSSR count). The average Bonchev–Trinajstić information content (AvgIpc) is 3.30. The third-order valence-corrected chi connectivity index (χ3v) is 5.07. The van der Waals surface area contributed by atoms with Gasteiger partial charge in [0.15, 0.2) is 0 Å². The highest BCUT2D eigenvalue weighted by Crippen LogP contribution is 2.29. The molecule has 3 aromatic rings. The maximum Gasteiger partial charge on any atom is 0.244 e. The van der Waals surface area contributed by atoms with Crippen LogP contribution in [0.2, 0.25) is 0 Å². The van der Waals surface area contributed by atoms with Crippen molar-refractivity contribution in [2.24, 2.45) is 0 Å². The van der Waals surface area contributed by atoms with Gasteiger partial charge in [0.05, 0.1) is 6.10 Å². The molecule has 0 radical (unpaired) electrons. The highest BCUT2D eigenvalue weighted by molar-refractivity contribution is 6.08. The van der Waals surface area contributed by atoms with E-state index in [2.05, 4.69) is 59.3 Å². The smallest absolute Gasteiger partial charge is 0.244 e. The Bertz CT molecular complexity index is 965. The van der Waals surface area contributed by atoms with Gasteiger partial charge >= 0.3 is 0 Å². The van der Waals surface area contributed by atoms with Gasteiger partial charge in [-0.1, -0.05) is 24.3 Å². The Labute approximate surface area is 153 Å². The van der Waals surface area contributed by atoms with Gasteiger partial charge in [0.2, 0.25) is 5.91 Å². The molecule has 0 aliphatic carbocycles. The molecule has 1 fully saturated rings. The number of benzene rings is 2. The van der Waals surface area contributed by atoms with E-state index in [-0.39, 0.29) is 12.0 Å². The van der Waals surface area contributed by atoms with Crippen LogP contribution in [0.3, 0.4) is 0 Å². The number of rotatable bonds is 5. The molecule has 1 amide bonds. The lowest BCUT2D eigenvalue weighted by atomic mass is 10.1. The Kier molecular flexibility index (Phi) is 4.76. The van der Waals surface area contributed by atoms with E-state index in [1.165, 1.54) is 21.8 Å². The van der Waals surface area contributed by atoms with E-state index in [1.807, 2.05) is 6.08 Å². The van der Waals surface area contributed by atoms with Gasteiger partial charge in [0.1, 0.15) is 0 Å². The van der Waals surface area contributed by atoms with Crippen LogP contribution in [0.25, 0.3) is 27.9 Å².